The Morgan fingerprint density at radius 3 is 2.27 bits per heavy atom. The van der Waals surface area contributed by atoms with Gasteiger partial charge in [0.05, 0.1) is 17.3 Å². The van der Waals surface area contributed by atoms with Crippen LogP contribution in [0, 0.1) is 6.92 Å². The quantitative estimate of drug-likeness (QED) is 0.765. The number of carbonyl (C=O) groups is 2. The zero-order valence-corrected chi connectivity index (χ0v) is 16.1. The second-order valence-electron chi connectivity index (χ2n) is 5.94. The molecule has 0 bridgehead atoms. The average molecular weight is 374 g/mol. The summed E-state index contributed by atoms with van der Waals surface area (Å²) in [5.74, 6) is -0.201. The van der Waals surface area contributed by atoms with Crippen molar-refractivity contribution in [1.29, 1.82) is 0 Å². The second-order valence-corrected chi connectivity index (χ2v) is 6.35. The van der Waals surface area contributed by atoms with Crippen molar-refractivity contribution in [3.05, 3.63) is 58.6 Å². The van der Waals surface area contributed by atoms with E-state index in [1.54, 1.807) is 29.2 Å². The molecule has 5 nitrogen and oxygen atoms in total. The van der Waals surface area contributed by atoms with E-state index in [0.717, 1.165) is 5.56 Å². The number of nitrogens with zero attached hydrogens (tertiary/aromatic N) is 1. The molecule has 2 rings (SSSR count). The highest BCUT2D eigenvalue weighted by molar-refractivity contribution is 6.33. The lowest BCUT2D eigenvalue weighted by Gasteiger charge is -2.18. The Morgan fingerprint density at radius 2 is 1.69 bits per heavy atom. The standard InChI is InChI=1S/C20H24ClN3O2/c1-4-24(5-2)20(26)15-7-9-16(10-8-15)23-19(25)13-22-18-11-6-14(3)12-17(18)21/h6-12,22H,4-5,13H2,1-3H3,(H,23,25). The molecule has 2 N–H and O–H groups in total. The summed E-state index contributed by atoms with van der Waals surface area (Å²) >= 11 is 6.14. The van der Waals surface area contributed by atoms with E-state index in [1.165, 1.54) is 0 Å². The highest BCUT2D eigenvalue weighted by Crippen LogP contribution is 2.22. The summed E-state index contributed by atoms with van der Waals surface area (Å²) in [7, 11) is 0. The SMILES string of the molecule is CCN(CC)C(=O)c1ccc(NC(=O)CNc2ccc(C)cc2Cl)cc1. The number of halogens is 1. The van der Waals surface area contributed by atoms with Crippen LogP contribution in [0.1, 0.15) is 29.8 Å². The predicted octanol–water partition coefficient (Wildman–Crippen LogP) is 4.18. The lowest BCUT2D eigenvalue weighted by atomic mass is 10.1. The summed E-state index contributed by atoms with van der Waals surface area (Å²) in [6.45, 7) is 7.29. The Morgan fingerprint density at radius 1 is 1.04 bits per heavy atom. The van der Waals surface area contributed by atoms with Gasteiger partial charge >= 0.3 is 0 Å². The van der Waals surface area contributed by atoms with E-state index < -0.39 is 0 Å². The Labute approximate surface area is 159 Å². The van der Waals surface area contributed by atoms with Crippen LogP contribution in [0.3, 0.4) is 0 Å². The molecule has 0 fully saturated rings. The highest BCUT2D eigenvalue weighted by atomic mass is 35.5. The smallest absolute Gasteiger partial charge is 0.253 e. The average Bonchev–Trinajstić information content (AvgIpc) is 2.62. The van der Waals surface area contributed by atoms with Crippen molar-refractivity contribution in [2.45, 2.75) is 20.8 Å². The monoisotopic (exact) mass is 373 g/mol. The third kappa shape index (κ3) is 5.23. The summed E-state index contributed by atoms with van der Waals surface area (Å²) in [5, 5.41) is 6.39. The van der Waals surface area contributed by atoms with Crippen LogP contribution in [0.25, 0.3) is 0 Å². The van der Waals surface area contributed by atoms with Gasteiger partial charge in [-0.3, -0.25) is 9.59 Å². The van der Waals surface area contributed by atoms with Crippen molar-refractivity contribution >= 4 is 34.8 Å². The zero-order chi connectivity index (χ0) is 19.1. The molecule has 0 aliphatic rings. The van der Waals surface area contributed by atoms with Crippen LogP contribution in [0.15, 0.2) is 42.5 Å². The Kier molecular flexibility index (Phi) is 7.04. The van der Waals surface area contributed by atoms with E-state index in [2.05, 4.69) is 10.6 Å². The molecule has 2 aromatic rings. The molecule has 0 atom stereocenters. The number of amides is 2. The Bertz CT molecular complexity index is 771. The molecular formula is C20H24ClN3O2. The number of carbonyl (C=O) groups excluding carboxylic acids is 2. The maximum Gasteiger partial charge on any atom is 0.253 e. The van der Waals surface area contributed by atoms with Crippen molar-refractivity contribution in [1.82, 2.24) is 4.90 Å². The van der Waals surface area contributed by atoms with Gasteiger partial charge in [-0.25, -0.2) is 0 Å². The molecule has 2 aromatic carbocycles. The van der Waals surface area contributed by atoms with E-state index in [4.69, 9.17) is 11.6 Å². The molecule has 0 heterocycles. The van der Waals surface area contributed by atoms with Gasteiger partial charge < -0.3 is 15.5 Å². The molecule has 0 aliphatic carbocycles. The first-order valence-corrected chi connectivity index (χ1v) is 9.01. The third-order valence-corrected chi connectivity index (χ3v) is 4.34. The van der Waals surface area contributed by atoms with Gasteiger partial charge in [0.2, 0.25) is 5.91 Å². The number of aryl methyl sites for hydroxylation is 1. The molecule has 0 saturated heterocycles. The first-order valence-electron chi connectivity index (χ1n) is 8.63. The fourth-order valence-electron chi connectivity index (χ4n) is 2.53. The molecule has 0 aliphatic heterocycles. The maximum atomic E-state index is 12.3. The van der Waals surface area contributed by atoms with Crippen molar-refractivity contribution < 1.29 is 9.59 Å². The van der Waals surface area contributed by atoms with Gasteiger partial charge in [0.1, 0.15) is 0 Å². The zero-order valence-electron chi connectivity index (χ0n) is 15.3. The van der Waals surface area contributed by atoms with Crippen LogP contribution in [-0.2, 0) is 4.79 Å². The van der Waals surface area contributed by atoms with Crippen molar-refractivity contribution in [3.8, 4) is 0 Å². The summed E-state index contributed by atoms with van der Waals surface area (Å²) in [6, 6.07) is 12.5. The molecular weight excluding hydrogens is 350 g/mol. The van der Waals surface area contributed by atoms with E-state index in [1.807, 2.05) is 39.0 Å². The first kappa shape index (κ1) is 19.8. The number of hydrogen-bond donors (Lipinski definition) is 2. The lowest BCUT2D eigenvalue weighted by molar-refractivity contribution is -0.114. The van der Waals surface area contributed by atoms with Crippen LogP contribution < -0.4 is 10.6 Å². The summed E-state index contributed by atoms with van der Waals surface area (Å²) in [4.78, 5) is 26.1. The van der Waals surface area contributed by atoms with E-state index in [9.17, 15) is 9.59 Å². The van der Waals surface area contributed by atoms with Gasteiger partial charge in [0.15, 0.2) is 0 Å². The number of hydrogen-bond acceptors (Lipinski definition) is 3. The predicted molar refractivity (Wildman–Crippen MR) is 107 cm³/mol. The lowest BCUT2D eigenvalue weighted by Crippen LogP contribution is -2.30. The fourth-order valence-corrected chi connectivity index (χ4v) is 2.84. The minimum atomic E-state index is -0.190. The van der Waals surface area contributed by atoms with Gasteiger partial charge in [-0.15, -0.1) is 0 Å². The molecule has 0 unspecified atom stereocenters. The van der Waals surface area contributed by atoms with Gasteiger partial charge in [-0.05, 0) is 62.7 Å². The summed E-state index contributed by atoms with van der Waals surface area (Å²) in [6.07, 6.45) is 0. The normalized spacial score (nSPS) is 10.3. The topological polar surface area (TPSA) is 61.4 Å². The fraction of sp³-hybridized carbons (Fsp3) is 0.300. The number of benzene rings is 2. The minimum Gasteiger partial charge on any atom is -0.375 e. The van der Waals surface area contributed by atoms with Crippen LogP contribution in [0.4, 0.5) is 11.4 Å². The number of nitrogens with one attached hydrogen (secondary N) is 2. The van der Waals surface area contributed by atoms with Gasteiger partial charge in [-0.2, -0.15) is 0 Å². The summed E-state index contributed by atoms with van der Waals surface area (Å²) < 4.78 is 0. The van der Waals surface area contributed by atoms with E-state index in [0.29, 0.717) is 35.1 Å². The molecule has 26 heavy (non-hydrogen) atoms. The van der Waals surface area contributed by atoms with Crippen LogP contribution in [-0.4, -0.2) is 36.3 Å². The van der Waals surface area contributed by atoms with Crippen LogP contribution >= 0.6 is 11.6 Å². The molecule has 0 aromatic heterocycles. The van der Waals surface area contributed by atoms with Gasteiger partial charge in [-0.1, -0.05) is 17.7 Å². The largest absolute Gasteiger partial charge is 0.375 e. The minimum absolute atomic E-state index is 0.0106. The van der Waals surface area contributed by atoms with E-state index >= 15 is 0 Å². The van der Waals surface area contributed by atoms with Crippen LogP contribution in [0.5, 0.6) is 0 Å². The van der Waals surface area contributed by atoms with Crippen LogP contribution in [0.2, 0.25) is 5.02 Å². The molecule has 0 spiro atoms. The molecule has 2 amide bonds. The second kappa shape index (κ2) is 9.25. The molecule has 138 valence electrons. The first-order chi connectivity index (χ1) is 12.4. The number of anilines is 2. The van der Waals surface area contributed by atoms with Gasteiger partial charge in [0.25, 0.3) is 5.91 Å². The van der Waals surface area contributed by atoms with Gasteiger partial charge in [0, 0.05) is 24.3 Å². The highest BCUT2D eigenvalue weighted by Gasteiger charge is 2.12. The van der Waals surface area contributed by atoms with E-state index in [-0.39, 0.29) is 18.4 Å². The Hall–Kier alpha value is -2.53. The summed E-state index contributed by atoms with van der Waals surface area (Å²) in [5.41, 5.74) is 3.02. The van der Waals surface area contributed by atoms with Crippen molar-refractivity contribution in [2.75, 3.05) is 30.3 Å². The Balaban J connectivity index is 1.92. The van der Waals surface area contributed by atoms with Crippen molar-refractivity contribution in [2.24, 2.45) is 0 Å². The molecule has 6 heteroatoms. The van der Waals surface area contributed by atoms with Crippen molar-refractivity contribution in [3.63, 3.8) is 0 Å². The third-order valence-electron chi connectivity index (χ3n) is 4.03. The molecule has 0 radical (unpaired) electrons. The maximum absolute atomic E-state index is 12.3. The number of rotatable bonds is 7. The molecule has 0 saturated carbocycles.